The first-order chi connectivity index (χ1) is 14.5. The topological polar surface area (TPSA) is 41.1 Å². The molecule has 0 saturated carbocycles. The molecule has 1 aromatic carbocycles. The summed E-state index contributed by atoms with van der Waals surface area (Å²) in [6.07, 6.45) is 15.3. The Hall–Kier alpha value is -3.59. The van der Waals surface area contributed by atoms with E-state index in [0.717, 1.165) is 16.8 Å². The summed E-state index contributed by atoms with van der Waals surface area (Å²) in [5, 5.41) is 6.57. The van der Waals surface area contributed by atoms with E-state index in [0.29, 0.717) is 17.0 Å². The van der Waals surface area contributed by atoms with Crippen molar-refractivity contribution in [2.75, 3.05) is 0 Å². The molecule has 1 aliphatic carbocycles. The fourth-order valence-electron chi connectivity index (χ4n) is 3.19. The van der Waals surface area contributed by atoms with Crippen molar-refractivity contribution < 1.29 is 4.79 Å². The van der Waals surface area contributed by atoms with Crippen molar-refractivity contribution in [1.82, 2.24) is 10.6 Å². The zero-order chi connectivity index (χ0) is 22.1. The molecule has 3 nitrogen and oxygen atoms in total. The molecule has 0 bridgehead atoms. The Morgan fingerprint density at radius 2 is 1.67 bits per heavy atom. The van der Waals surface area contributed by atoms with E-state index in [-0.39, 0.29) is 11.8 Å². The molecule has 0 aromatic heterocycles. The van der Waals surface area contributed by atoms with Crippen molar-refractivity contribution in [3.05, 3.63) is 126 Å². The maximum Gasteiger partial charge on any atom is 0.212 e. The number of ketones is 1. The van der Waals surface area contributed by atoms with Crippen LogP contribution in [-0.2, 0) is 4.79 Å². The van der Waals surface area contributed by atoms with E-state index in [4.69, 9.17) is 0 Å². The number of rotatable bonds is 10. The highest BCUT2D eigenvalue weighted by Gasteiger charge is 2.33. The number of carbonyl (C=O) groups excluding carboxylic acids is 1. The minimum absolute atomic E-state index is 0.0980. The third-order valence-electron chi connectivity index (χ3n) is 4.76. The van der Waals surface area contributed by atoms with Gasteiger partial charge in [-0.2, -0.15) is 0 Å². The minimum atomic E-state index is -0.153. The molecular formula is C27H30N2O. The van der Waals surface area contributed by atoms with Crippen molar-refractivity contribution in [3.8, 4) is 0 Å². The molecule has 0 aliphatic heterocycles. The minimum Gasteiger partial charge on any atom is -0.372 e. The third kappa shape index (κ3) is 5.06. The first-order valence-electron chi connectivity index (χ1n) is 9.99. The molecular weight excluding hydrogens is 368 g/mol. The molecule has 30 heavy (non-hydrogen) atoms. The largest absolute Gasteiger partial charge is 0.372 e. The van der Waals surface area contributed by atoms with Gasteiger partial charge in [0.15, 0.2) is 0 Å². The molecule has 0 spiro atoms. The summed E-state index contributed by atoms with van der Waals surface area (Å²) in [6, 6.07) is 8.17. The highest BCUT2D eigenvalue weighted by Crippen LogP contribution is 2.29. The van der Waals surface area contributed by atoms with Gasteiger partial charge in [0.25, 0.3) is 0 Å². The van der Waals surface area contributed by atoms with Gasteiger partial charge in [-0.05, 0) is 49.6 Å². The van der Waals surface area contributed by atoms with Gasteiger partial charge in [0, 0.05) is 11.3 Å². The summed E-state index contributed by atoms with van der Waals surface area (Å²) in [4.78, 5) is 12.4. The fraction of sp³-hybridized carbons (Fsp3) is 0.148. The standard InChI is InChI=1S/C27H30N2O/c1-7-12-20(10-4)21-15-17-22(18-16-21)24(11-5)29-25-19(6)27(30)26(25)28-23(13-8-2)14-9-3/h7-18,24,28-29H,2,5-6H2,1,3-4H3/b12-7-,14-9-,20-10+,23-13+. The molecule has 1 unspecified atom stereocenters. The normalized spacial score (nSPS) is 16.1. The first-order valence-corrected chi connectivity index (χ1v) is 9.99. The van der Waals surface area contributed by atoms with Gasteiger partial charge in [0.05, 0.1) is 11.7 Å². The van der Waals surface area contributed by atoms with Crippen molar-refractivity contribution >= 4 is 11.4 Å². The zero-order valence-electron chi connectivity index (χ0n) is 18.0. The summed E-state index contributed by atoms with van der Waals surface area (Å²) in [5.74, 6) is -0.0980. The number of benzene rings is 1. The Kier molecular flexibility index (Phi) is 8.18. The highest BCUT2D eigenvalue weighted by molar-refractivity contribution is 6.19. The van der Waals surface area contributed by atoms with Gasteiger partial charge in [0.1, 0.15) is 5.70 Å². The molecule has 154 valence electrons. The number of hydrogen-bond acceptors (Lipinski definition) is 3. The maximum absolute atomic E-state index is 12.4. The van der Waals surface area contributed by atoms with Crippen LogP contribution in [0.3, 0.4) is 0 Å². The van der Waals surface area contributed by atoms with E-state index in [1.807, 2.05) is 51.2 Å². The van der Waals surface area contributed by atoms with E-state index in [9.17, 15) is 4.79 Å². The van der Waals surface area contributed by atoms with Gasteiger partial charge in [0.2, 0.25) is 5.78 Å². The first kappa shape index (κ1) is 22.7. The second kappa shape index (κ2) is 10.8. The van der Waals surface area contributed by atoms with Gasteiger partial charge < -0.3 is 10.6 Å². The lowest BCUT2D eigenvalue weighted by atomic mass is 9.91. The average Bonchev–Trinajstić information content (AvgIpc) is 2.77. The highest BCUT2D eigenvalue weighted by atomic mass is 16.1. The predicted octanol–water partition coefficient (Wildman–Crippen LogP) is 6.07. The lowest BCUT2D eigenvalue weighted by molar-refractivity contribution is -0.113. The summed E-state index contributed by atoms with van der Waals surface area (Å²) < 4.78 is 0. The van der Waals surface area contributed by atoms with E-state index in [2.05, 4.69) is 66.8 Å². The van der Waals surface area contributed by atoms with Crippen LogP contribution in [0.5, 0.6) is 0 Å². The lowest BCUT2D eigenvalue weighted by Crippen LogP contribution is -2.38. The Balaban J connectivity index is 2.29. The molecule has 0 amide bonds. The van der Waals surface area contributed by atoms with Gasteiger partial charge in [-0.3, -0.25) is 4.79 Å². The molecule has 0 saturated heterocycles. The third-order valence-corrected chi connectivity index (χ3v) is 4.76. The van der Waals surface area contributed by atoms with Crippen molar-refractivity contribution in [3.63, 3.8) is 0 Å². The molecule has 0 heterocycles. The number of allylic oxidation sites excluding steroid dienone is 10. The van der Waals surface area contributed by atoms with Crippen LogP contribution in [0.1, 0.15) is 37.9 Å². The average molecular weight is 399 g/mol. The Labute approximate surface area is 180 Å². The molecule has 2 N–H and O–H groups in total. The van der Waals surface area contributed by atoms with Crippen molar-refractivity contribution in [1.29, 1.82) is 0 Å². The van der Waals surface area contributed by atoms with E-state index < -0.39 is 0 Å². The number of carbonyl (C=O) groups is 1. The predicted molar refractivity (Wildman–Crippen MR) is 128 cm³/mol. The fourth-order valence-corrected chi connectivity index (χ4v) is 3.19. The van der Waals surface area contributed by atoms with Gasteiger partial charge >= 0.3 is 0 Å². The van der Waals surface area contributed by atoms with E-state index in [1.54, 1.807) is 6.08 Å². The molecule has 3 heteroatoms. The Bertz CT molecular complexity index is 982. The Morgan fingerprint density at radius 3 is 2.20 bits per heavy atom. The quantitative estimate of drug-likeness (QED) is 0.286. The Morgan fingerprint density at radius 1 is 1.00 bits per heavy atom. The van der Waals surface area contributed by atoms with Crippen LogP contribution in [0.15, 0.2) is 115 Å². The summed E-state index contributed by atoms with van der Waals surface area (Å²) in [6.45, 7) is 17.5. The SMILES string of the molecule is C=C/C=C(\C=C/C)NC1=C(NC(C=C)c2ccc(C(/C=C\C)=C/C)cc2)C(=C)C1=O. The van der Waals surface area contributed by atoms with Gasteiger partial charge in [-0.15, -0.1) is 6.58 Å². The van der Waals surface area contributed by atoms with Crippen molar-refractivity contribution in [2.24, 2.45) is 0 Å². The summed E-state index contributed by atoms with van der Waals surface area (Å²) in [5.41, 5.74) is 5.82. The van der Waals surface area contributed by atoms with Gasteiger partial charge in [-0.25, -0.2) is 0 Å². The van der Waals surface area contributed by atoms with E-state index >= 15 is 0 Å². The zero-order valence-corrected chi connectivity index (χ0v) is 18.0. The maximum atomic E-state index is 12.4. The van der Waals surface area contributed by atoms with Crippen LogP contribution < -0.4 is 10.6 Å². The van der Waals surface area contributed by atoms with Crippen LogP contribution in [0.4, 0.5) is 0 Å². The lowest BCUT2D eigenvalue weighted by Gasteiger charge is -2.30. The summed E-state index contributed by atoms with van der Waals surface area (Å²) in [7, 11) is 0. The molecule has 1 aliphatic rings. The van der Waals surface area contributed by atoms with Gasteiger partial charge in [-0.1, -0.05) is 73.9 Å². The second-order valence-corrected chi connectivity index (χ2v) is 6.76. The van der Waals surface area contributed by atoms with Crippen LogP contribution in [-0.4, -0.2) is 5.78 Å². The van der Waals surface area contributed by atoms with E-state index in [1.165, 1.54) is 5.57 Å². The molecule has 2 rings (SSSR count). The molecule has 1 aromatic rings. The molecule has 0 radical (unpaired) electrons. The molecule has 1 atom stereocenters. The summed E-state index contributed by atoms with van der Waals surface area (Å²) >= 11 is 0. The number of hydrogen-bond donors (Lipinski definition) is 2. The van der Waals surface area contributed by atoms with Crippen LogP contribution in [0.2, 0.25) is 0 Å². The number of Topliss-reactive ketones (excluding diaryl/α,β-unsaturated/α-hetero) is 1. The molecule has 0 fully saturated rings. The van der Waals surface area contributed by atoms with Crippen molar-refractivity contribution in [2.45, 2.75) is 26.8 Å². The number of nitrogens with one attached hydrogen (secondary N) is 2. The second-order valence-electron chi connectivity index (χ2n) is 6.76. The smallest absolute Gasteiger partial charge is 0.212 e. The van der Waals surface area contributed by atoms with Crippen LogP contribution >= 0.6 is 0 Å². The van der Waals surface area contributed by atoms with Crippen LogP contribution in [0.25, 0.3) is 5.57 Å². The monoisotopic (exact) mass is 398 g/mol. The van der Waals surface area contributed by atoms with Crippen LogP contribution in [0, 0.1) is 0 Å².